The maximum Gasteiger partial charge on any atom is 0.135 e. The Morgan fingerprint density at radius 1 is 0.579 bits per heavy atom. The third-order valence-electron chi connectivity index (χ3n) is 17.2. The van der Waals surface area contributed by atoms with Crippen LogP contribution in [-0.4, -0.2) is 14.5 Å². The number of nitrogens with zero attached hydrogens (tertiary/aromatic N) is 3. The van der Waals surface area contributed by atoms with Gasteiger partial charge >= 0.3 is 0 Å². The average molecular weight is 982 g/mol. The van der Waals surface area contributed by atoms with Crippen molar-refractivity contribution in [2.45, 2.75) is 83.5 Å². The molecule has 3 unspecified atom stereocenters. The minimum atomic E-state index is -0.245. The molecule has 3 atom stereocenters. The van der Waals surface area contributed by atoms with E-state index in [4.69, 9.17) is 9.97 Å². The maximum atomic E-state index is 5.57. The van der Waals surface area contributed by atoms with Gasteiger partial charge in [-0.15, -0.1) is 0 Å². The number of aromatic nitrogens is 3. The average Bonchev–Trinajstić information content (AvgIpc) is 4.11. The highest BCUT2D eigenvalue weighted by atomic mass is 15.0. The standard InChI is InChI=1S/C66H55N3.C7H8/c1-42-24-26-47(44-16-8-5-9-17-44)38-54(42)55-39-48(27-25-43(55)2)49-28-30-58-56(40-49)57-41-50(65(3)34-12-7-13-35-65)29-31-59(57)69(58)51-32-36-66(4,37-33-51)64-67-62(46-18-10-6-11-19-46)61-52-22-14-20-45-21-15-23-53(60(45)52)63(61)68-64;1-7-5-3-2-4-6-7/h5-32,34,39-41,47H,33,35-38H2,1-4H3;2-6H,1H3. The van der Waals surface area contributed by atoms with E-state index in [0.29, 0.717) is 5.92 Å². The number of aryl methyl sites for hydroxylation is 2. The SMILES string of the molecule is CC1=C(c2cc(-c3ccc4c(c3)c3cc(C5(C)C=CC=CC5)ccc3n4C3=CCC(C)(c4nc(-c5ccccc5)c5c(n4)-c4cccc6cccc-5c46)CC3)ccc2C)CC(c2ccccc2)C=C1.Cc1ccccc1. The first kappa shape index (κ1) is 47.3. The van der Waals surface area contributed by atoms with E-state index < -0.39 is 0 Å². The van der Waals surface area contributed by atoms with E-state index in [2.05, 4.69) is 246 Å². The van der Waals surface area contributed by atoms with Crippen LogP contribution in [0.15, 0.2) is 230 Å². The smallest absolute Gasteiger partial charge is 0.135 e. The Labute approximate surface area is 448 Å². The molecule has 14 rings (SSSR count). The zero-order chi connectivity index (χ0) is 51.5. The van der Waals surface area contributed by atoms with Crippen LogP contribution in [0.5, 0.6) is 0 Å². The van der Waals surface area contributed by atoms with Gasteiger partial charge in [-0.05, 0) is 144 Å². The Bertz CT molecular complexity index is 4070. The Hall–Kier alpha value is -8.40. The van der Waals surface area contributed by atoms with Gasteiger partial charge in [0.05, 0.1) is 22.4 Å². The first-order valence-electron chi connectivity index (χ1n) is 27.3. The molecule has 0 spiro atoms. The van der Waals surface area contributed by atoms with Crippen LogP contribution in [0.2, 0.25) is 0 Å². The van der Waals surface area contributed by atoms with Crippen LogP contribution in [0, 0.1) is 13.8 Å². The summed E-state index contributed by atoms with van der Waals surface area (Å²) in [6.45, 7) is 11.4. The highest BCUT2D eigenvalue weighted by Crippen LogP contribution is 2.52. The molecule has 3 heteroatoms. The van der Waals surface area contributed by atoms with Crippen LogP contribution < -0.4 is 0 Å². The highest BCUT2D eigenvalue weighted by molar-refractivity contribution is 6.17. The third kappa shape index (κ3) is 8.30. The van der Waals surface area contributed by atoms with Crippen LogP contribution in [-0.2, 0) is 10.8 Å². The Morgan fingerprint density at radius 3 is 1.97 bits per heavy atom. The van der Waals surface area contributed by atoms with E-state index in [1.807, 2.05) is 18.2 Å². The molecule has 10 aromatic rings. The number of hydrogen-bond donors (Lipinski definition) is 0. The van der Waals surface area contributed by atoms with E-state index in [0.717, 1.165) is 60.4 Å². The van der Waals surface area contributed by atoms with Crippen LogP contribution >= 0.6 is 0 Å². The molecule has 0 bridgehead atoms. The molecular weight excluding hydrogens is 919 g/mol. The van der Waals surface area contributed by atoms with Gasteiger partial charge in [-0.25, -0.2) is 9.97 Å². The molecule has 0 saturated heterocycles. The van der Waals surface area contributed by atoms with Gasteiger partial charge in [-0.1, -0.05) is 214 Å². The van der Waals surface area contributed by atoms with Crippen molar-refractivity contribution in [1.29, 1.82) is 0 Å². The number of hydrogen-bond acceptors (Lipinski definition) is 2. The minimum absolute atomic E-state index is 0.0637. The number of allylic oxidation sites excluding steroid dienone is 10. The van der Waals surface area contributed by atoms with E-state index in [-0.39, 0.29) is 10.8 Å². The summed E-state index contributed by atoms with van der Waals surface area (Å²) in [6, 6.07) is 66.8. The van der Waals surface area contributed by atoms with E-state index in [9.17, 15) is 0 Å². The van der Waals surface area contributed by atoms with Crippen molar-refractivity contribution in [3.8, 4) is 44.8 Å². The summed E-state index contributed by atoms with van der Waals surface area (Å²) in [4.78, 5) is 11.1. The summed E-state index contributed by atoms with van der Waals surface area (Å²) in [7, 11) is 0. The zero-order valence-corrected chi connectivity index (χ0v) is 44.3. The van der Waals surface area contributed by atoms with E-state index in [1.165, 1.54) is 99.5 Å². The fourth-order valence-corrected chi connectivity index (χ4v) is 12.6. The molecule has 3 nitrogen and oxygen atoms in total. The van der Waals surface area contributed by atoms with Crippen molar-refractivity contribution >= 4 is 43.8 Å². The summed E-state index contributed by atoms with van der Waals surface area (Å²) in [5.41, 5.74) is 22.4. The zero-order valence-electron chi connectivity index (χ0n) is 44.3. The molecule has 370 valence electrons. The lowest BCUT2D eigenvalue weighted by atomic mass is 9.76. The van der Waals surface area contributed by atoms with Crippen molar-refractivity contribution in [3.63, 3.8) is 0 Å². The van der Waals surface area contributed by atoms with Gasteiger partial charge in [0.1, 0.15) is 5.82 Å². The molecule has 0 saturated carbocycles. The second kappa shape index (κ2) is 19.1. The lowest BCUT2D eigenvalue weighted by Gasteiger charge is -2.33. The van der Waals surface area contributed by atoms with Crippen molar-refractivity contribution in [2.75, 3.05) is 0 Å². The van der Waals surface area contributed by atoms with Crippen LogP contribution in [0.4, 0.5) is 0 Å². The van der Waals surface area contributed by atoms with Crippen molar-refractivity contribution in [2.24, 2.45) is 0 Å². The Morgan fingerprint density at radius 2 is 1.26 bits per heavy atom. The molecule has 2 aromatic heterocycles. The quantitative estimate of drug-likeness (QED) is 0.159. The normalized spacial score (nSPS) is 19.5. The Balaban J connectivity index is 0.000000734. The van der Waals surface area contributed by atoms with Crippen molar-refractivity contribution in [3.05, 3.63) is 264 Å². The maximum absolute atomic E-state index is 5.57. The monoisotopic (exact) mass is 982 g/mol. The van der Waals surface area contributed by atoms with Gasteiger partial charge in [0, 0.05) is 49.9 Å². The molecule has 0 radical (unpaired) electrons. The summed E-state index contributed by atoms with van der Waals surface area (Å²) in [5.74, 6) is 1.30. The van der Waals surface area contributed by atoms with E-state index >= 15 is 0 Å². The van der Waals surface area contributed by atoms with Gasteiger partial charge in [-0.3, -0.25) is 0 Å². The molecule has 0 amide bonds. The highest BCUT2D eigenvalue weighted by Gasteiger charge is 2.37. The fraction of sp³-hybridized carbons (Fsp3) is 0.178. The van der Waals surface area contributed by atoms with Crippen LogP contribution in [0.25, 0.3) is 88.6 Å². The predicted molar refractivity (Wildman–Crippen MR) is 321 cm³/mol. The lowest BCUT2D eigenvalue weighted by Crippen LogP contribution is -2.28. The third-order valence-corrected chi connectivity index (χ3v) is 17.2. The van der Waals surface area contributed by atoms with Gasteiger partial charge < -0.3 is 4.57 Å². The molecule has 0 aliphatic heterocycles. The molecule has 0 fully saturated rings. The minimum Gasteiger partial charge on any atom is -0.313 e. The summed E-state index contributed by atoms with van der Waals surface area (Å²) in [5, 5.41) is 5.13. The van der Waals surface area contributed by atoms with Crippen LogP contribution in [0.1, 0.15) is 92.4 Å². The summed E-state index contributed by atoms with van der Waals surface area (Å²) in [6.07, 6.45) is 21.0. The number of rotatable bonds is 7. The molecule has 2 heterocycles. The summed E-state index contributed by atoms with van der Waals surface area (Å²) < 4.78 is 2.57. The van der Waals surface area contributed by atoms with E-state index in [1.54, 1.807) is 0 Å². The Kier molecular flexibility index (Phi) is 11.9. The van der Waals surface area contributed by atoms with Crippen molar-refractivity contribution < 1.29 is 0 Å². The van der Waals surface area contributed by atoms with Gasteiger partial charge in [0.15, 0.2) is 0 Å². The van der Waals surface area contributed by atoms with Gasteiger partial charge in [-0.2, -0.15) is 0 Å². The molecular formula is C73H63N3. The first-order chi connectivity index (χ1) is 37.1. The molecule has 76 heavy (non-hydrogen) atoms. The first-order valence-corrected chi connectivity index (χ1v) is 27.3. The second-order valence-electron chi connectivity index (χ2n) is 22.3. The largest absolute Gasteiger partial charge is 0.313 e. The van der Waals surface area contributed by atoms with Gasteiger partial charge in [0.2, 0.25) is 0 Å². The molecule has 0 N–H and O–H groups in total. The van der Waals surface area contributed by atoms with Crippen molar-refractivity contribution in [1.82, 2.24) is 14.5 Å². The molecule has 4 aliphatic rings. The fourth-order valence-electron chi connectivity index (χ4n) is 12.6. The van der Waals surface area contributed by atoms with Crippen LogP contribution in [0.3, 0.4) is 0 Å². The second-order valence-corrected chi connectivity index (χ2v) is 22.3. The topological polar surface area (TPSA) is 30.7 Å². The van der Waals surface area contributed by atoms with Gasteiger partial charge in [0.25, 0.3) is 0 Å². The molecule has 4 aliphatic carbocycles. The lowest BCUT2D eigenvalue weighted by molar-refractivity contribution is 0.404. The number of benzene rings is 8. The summed E-state index contributed by atoms with van der Waals surface area (Å²) >= 11 is 0. The predicted octanol–water partition coefficient (Wildman–Crippen LogP) is 19.3. The number of fused-ring (bicyclic) bond motifs is 6. The molecule has 8 aromatic carbocycles.